The van der Waals surface area contributed by atoms with Gasteiger partial charge in [-0.1, -0.05) is 23.4 Å². The molecule has 4 rings (SSSR count). The Morgan fingerprint density at radius 2 is 1.95 bits per heavy atom. The topological polar surface area (TPSA) is 129 Å². The van der Waals surface area contributed by atoms with E-state index >= 15 is 0 Å². The van der Waals surface area contributed by atoms with Gasteiger partial charge >= 0.3 is 5.97 Å². The highest BCUT2D eigenvalue weighted by Crippen LogP contribution is 2.34. The van der Waals surface area contributed by atoms with E-state index in [9.17, 15) is 18.3 Å². The van der Waals surface area contributed by atoms with Crippen molar-refractivity contribution in [2.45, 2.75) is 50.3 Å². The number of hydrogen-bond acceptors (Lipinski definition) is 9. The Morgan fingerprint density at radius 1 is 1.18 bits per heavy atom. The van der Waals surface area contributed by atoms with Crippen molar-refractivity contribution in [3.63, 3.8) is 0 Å². The van der Waals surface area contributed by atoms with Gasteiger partial charge in [-0.05, 0) is 80.9 Å². The van der Waals surface area contributed by atoms with Gasteiger partial charge in [0.25, 0.3) is 0 Å². The van der Waals surface area contributed by atoms with Crippen molar-refractivity contribution in [1.82, 2.24) is 15.1 Å². The number of anilines is 2. The van der Waals surface area contributed by atoms with Crippen LogP contribution in [-0.4, -0.2) is 71.0 Å². The molecule has 0 aliphatic carbocycles. The third-order valence-electron chi connectivity index (χ3n) is 6.84. The molecule has 12 heteroatoms. The molecule has 210 valence electrons. The zero-order valence-corrected chi connectivity index (χ0v) is 24.0. The first-order chi connectivity index (χ1) is 18.7. The first-order valence-electron chi connectivity index (χ1n) is 12.9. The molecule has 1 saturated heterocycles. The van der Waals surface area contributed by atoms with Gasteiger partial charge in [-0.2, -0.15) is 11.8 Å². The summed E-state index contributed by atoms with van der Waals surface area (Å²) < 4.78 is 33.0. The molecule has 1 atom stereocenters. The fourth-order valence-corrected chi connectivity index (χ4v) is 5.78. The molecule has 3 aromatic rings. The second-order valence-electron chi connectivity index (χ2n) is 9.79. The Morgan fingerprint density at radius 3 is 2.59 bits per heavy atom. The number of nitrogens with zero attached hydrogens (tertiary/aromatic N) is 4. The van der Waals surface area contributed by atoms with Crippen LogP contribution in [0.2, 0.25) is 0 Å². The lowest BCUT2D eigenvalue weighted by molar-refractivity contribution is -0.139. The van der Waals surface area contributed by atoms with Crippen molar-refractivity contribution in [2.75, 3.05) is 34.8 Å². The van der Waals surface area contributed by atoms with Crippen LogP contribution in [0.1, 0.15) is 44.6 Å². The highest BCUT2D eigenvalue weighted by Gasteiger charge is 2.35. The number of pyridine rings is 1. The predicted octanol–water partition coefficient (Wildman–Crippen LogP) is 4.69. The van der Waals surface area contributed by atoms with Crippen LogP contribution >= 0.6 is 11.8 Å². The molecule has 2 aromatic heterocycles. The Labute approximate surface area is 233 Å². The van der Waals surface area contributed by atoms with Gasteiger partial charge in [0.2, 0.25) is 15.9 Å². The average molecular weight is 574 g/mol. The molecular weight excluding hydrogens is 538 g/mol. The molecule has 0 spiro atoms. The maximum Gasteiger partial charge on any atom is 0.328 e. The van der Waals surface area contributed by atoms with Gasteiger partial charge in [0.05, 0.1) is 10.9 Å². The molecule has 39 heavy (non-hydrogen) atoms. The van der Waals surface area contributed by atoms with Gasteiger partial charge in [-0.25, -0.2) is 18.2 Å². The second kappa shape index (κ2) is 12.8. The number of carboxylic acids is 1. The number of hydrogen-bond donors (Lipinski definition) is 2. The number of benzene rings is 1. The lowest BCUT2D eigenvalue weighted by Crippen LogP contribution is -2.54. The summed E-state index contributed by atoms with van der Waals surface area (Å²) in [7, 11) is -3.44. The summed E-state index contributed by atoms with van der Waals surface area (Å²) in [5.74, 6) is 0.337. The van der Waals surface area contributed by atoms with Crippen LogP contribution in [0.5, 0.6) is 0 Å². The van der Waals surface area contributed by atoms with Crippen molar-refractivity contribution in [3.8, 4) is 11.4 Å². The standard InChI is InChI=1S/C27H35N5O5S2/c1-19(2)39(35,36)30-22-8-6-7-21(17-22)20-10-14-31(15-11-20)32(25(27(33)34)12-16-38-3)26-18-24(29-37-26)23-9-4-5-13-28-23/h4-9,13,17-20,25,30H,10-12,14-16H2,1-3H3,(H,33,34)/t25-/m0/s1. The zero-order valence-electron chi connectivity index (χ0n) is 22.4. The lowest BCUT2D eigenvalue weighted by Gasteiger charge is -2.42. The summed E-state index contributed by atoms with van der Waals surface area (Å²) in [4.78, 5) is 16.7. The number of carboxylic acid groups (broad SMARTS) is 1. The number of aromatic nitrogens is 2. The number of piperidine rings is 1. The van der Waals surface area contributed by atoms with Crippen LogP contribution in [-0.2, 0) is 14.8 Å². The maximum atomic E-state index is 12.4. The molecule has 0 radical (unpaired) electrons. The fraction of sp³-hybridized carbons (Fsp3) is 0.444. The summed E-state index contributed by atoms with van der Waals surface area (Å²) in [6, 6.07) is 14.0. The van der Waals surface area contributed by atoms with Crippen molar-refractivity contribution >= 4 is 39.3 Å². The van der Waals surface area contributed by atoms with Gasteiger partial charge in [0.1, 0.15) is 11.7 Å². The number of carbonyl (C=O) groups is 1. The molecule has 0 unspecified atom stereocenters. The Kier molecular flexibility index (Phi) is 9.52. The van der Waals surface area contributed by atoms with Gasteiger partial charge in [-0.15, -0.1) is 0 Å². The van der Waals surface area contributed by atoms with Gasteiger partial charge in [0.15, 0.2) is 0 Å². The van der Waals surface area contributed by atoms with Gasteiger partial charge < -0.3 is 9.63 Å². The van der Waals surface area contributed by atoms with Crippen molar-refractivity contribution in [3.05, 3.63) is 60.3 Å². The quantitative estimate of drug-likeness (QED) is 0.315. The first kappa shape index (κ1) is 28.9. The van der Waals surface area contributed by atoms with Crippen LogP contribution in [0.15, 0.2) is 59.3 Å². The Balaban J connectivity index is 1.54. The molecule has 3 heterocycles. The summed E-state index contributed by atoms with van der Waals surface area (Å²) in [5, 5.41) is 17.6. The van der Waals surface area contributed by atoms with E-state index < -0.39 is 27.3 Å². The average Bonchev–Trinajstić information content (AvgIpc) is 3.41. The Bertz CT molecular complexity index is 1340. The number of rotatable bonds is 12. The van der Waals surface area contributed by atoms with E-state index in [1.54, 1.807) is 48.9 Å². The minimum atomic E-state index is -3.44. The molecular formula is C27H35N5O5S2. The molecule has 1 aliphatic heterocycles. The molecule has 0 bridgehead atoms. The largest absolute Gasteiger partial charge is 0.480 e. The van der Waals surface area contributed by atoms with E-state index in [0.717, 1.165) is 18.4 Å². The van der Waals surface area contributed by atoms with E-state index in [1.165, 1.54) is 0 Å². The minimum absolute atomic E-state index is 0.208. The van der Waals surface area contributed by atoms with E-state index in [1.807, 2.05) is 47.7 Å². The van der Waals surface area contributed by atoms with E-state index in [-0.39, 0.29) is 5.92 Å². The summed E-state index contributed by atoms with van der Waals surface area (Å²) >= 11 is 1.60. The van der Waals surface area contributed by atoms with Crippen LogP contribution in [0.25, 0.3) is 11.4 Å². The van der Waals surface area contributed by atoms with Gasteiger partial charge in [0, 0.05) is 31.0 Å². The molecule has 1 aliphatic rings. The number of sulfonamides is 1. The van der Waals surface area contributed by atoms with Crippen LogP contribution in [0.3, 0.4) is 0 Å². The molecule has 1 aromatic carbocycles. The molecule has 0 saturated carbocycles. The van der Waals surface area contributed by atoms with E-state index in [4.69, 9.17) is 4.52 Å². The van der Waals surface area contributed by atoms with Crippen LogP contribution in [0.4, 0.5) is 11.6 Å². The highest BCUT2D eigenvalue weighted by molar-refractivity contribution is 7.98. The van der Waals surface area contributed by atoms with Gasteiger partial charge in [-0.3, -0.25) is 14.7 Å². The van der Waals surface area contributed by atoms with E-state index in [0.29, 0.717) is 48.2 Å². The normalized spacial score (nSPS) is 15.8. The van der Waals surface area contributed by atoms with Crippen LogP contribution < -0.4 is 9.73 Å². The van der Waals surface area contributed by atoms with Crippen molar-refractivity contribution < 1.29 is 22.8 Å². The lowest BCUT2D eigenvalue weighted by atomic mass is 9.89. The summed E-state index contributed by atoms with van der Waals surface area (Å²) in [6.45, 7) is 4.50. The number of aliphatic carboxylic acids is 1. The van der Waals surface area contributed by atoms with Crippen molar-refractivity contribution in [2.24, 2.45) is 0 Å². The van der Waals surface area contributed by atoms with Crippen molar-refractivity contribution in [1.29, 1.82) is 0 Å². The maximum absolute atomic E-state index is 12.4. The third-order valence-corrected chi connectivity index (χ3v) is 9.25. The SMILES string of the molecule is CSCC[C@@H](C(=O)O)N(c1cc(-c2ccccn2)no1)N1CCC(c2cccc(NS(=O)(=O)C(C)C)c2)CC1. The number of thioether (sulfide) groups is 1. The molecule has 10 nitrogen and oxygen atoms in total. The fourth-order valence-electron chi connectivity index (χ4n) is 4.63. The minimum Gasteiger partial charge on any atom is -0.480 e. The summed E-state index contributed by atoms with van der Waals surface area (Å²) in [6.07, 6.45) is 5.61. The summed E-state index contributed by atoms with van der Waals surface area (Å²) in [5.41, 5.74) is 2.80. The number of nitrogens with one attached hydrogen (secondary N) is 1. The third kappa shape index (κ3) is 7.11. The second-order valence-corrected chi connectivity index (χ2v) is 13.0. The molecule has 2 N–H and O–H groups in total. The Hall–Kier alpha value is -3.09. The highest BCUT2D eigenvalue weighted by atomic mass is 32.2. The monoisotopic (exact) mass is 573 g/mol. The molecule has 0 amide bonds. The first-order valence-corrected chi connectivity index (χ1v) is 15.9. The zero-order chi connectivity index (χ0) is 28.0. The van der Waals surface area contributed by atoms with Crippen LogP contribution in [0, 0.1) is 0 Å². The smallest absolute Gasteiger partial charge is 0.328 e. The number of hydrazine groups is 1. The van der Waals surface area contributed by atoms with E-state index in [2.05, 4.69) is 14.9 Å². The predicted molar refractivity (Wildman–Crippen MR) is 154 cm³/mol. The molecule has 1 fully saturated rings.